The number of fused-ring (bicyclic) bond motifs is 1. The van der Waals surface area contributed by atoms with Gasteiger partial charge < -0.3 is 10.1 Å². The smallest absolute Gasteiger partial charge is 0.384 e. The molecule has 0 aromatic heterocycles. The Morgan fingerprint density at radius 3 is 2.47 bits per heavy atom. The van der Waals surface area contributed by atoms with Crippen molar-refractivity contribution in [2.75, 3.05) is 13.1 Å². The minimum absolute atomic E-state index is 0.402. The molecule has 1 aliphatic carbocycles. The van der Waals surface area contributed by atoms with E-state index in [1.807, 2.05) is 20.8 Å². The fraction of sp³-hybridized carbons (Fsp3) is 0.750. The van der Waals surface area contributed by atoms with Crippen molar-refractivity contribution in [2.24, 2.45) is 17.8 Å². The molecular formula is C12H17NO2. The first-order valence-corrected chi connectivity index (χ1v) is 5.42. The third kappa shape index (κ3) is 2.51. The van der Waals surface area contributed by atoms with E-state index in [2.05, 4.69) is 17.2 Å². The lowest BCUT2D eigenvalue weighted by Crippen LogP contribution is -2.22. The van der Waals surface area contributed by atoms with Gasteiger partial charge in [-0.1, -0.05) is 5.92 Å². The van der Waals surface area contributed by atoms with Gasteiger partial charge in [0, 0.05) is 11.8 Å². The van der Waals surface area contributed by atoms with E-state index in [-0.39, 0.29) is 0 Å². The number of hydrogen-bond donors (Lipinski definition) is 1. The third-order valence-electron chi connectivity index (χ3n) is 2.83. The molecule has 0 radical (unpaired) electrons. The normalized spacial score (nSPS) is 32.6. The van der Waals surface area contributed by atoms with E-state index in [4.69, 9.17) is 4.74 Å². The van der Waals surface area contributed by atoms with Gasteiger partial charge in [-0.25, -0.2) is 4.79 Å². The summed E-state index contributed by atoms with van der Waals surface area (Å²) in [6.07, 6.45) is 0. The summed E-state index contributed by atoms with van der Waals surface area (Å²) < 4.78 is 5.11. The zero-order chi connectivity index (χ0) is 11.1. The number of carbonyl (C=O) groups excluding carboxylic acids is 1. The van der Waals surface area contributed by atoms with Crippen molar-refractivity contribution in [3.8, 4) is 11.8 Å². The molecule has 1 saturated carbocycles. The summed E-state index contributed by atoms with van der Waals surface area (Å²) >= 11 is 0. The molecule has 1 saturated heterocycles. The summed E-state index contributed by atoms with van der Waals surface area (Å²) in [7, 11) is 0. The molecule has 0 amide bonds. The van der Waals surface area contributed by atoms with Gasteiger partial charge in [0.1, 0.15) is 5.60 Å². The Morgan fingerprint density at radius 1 is 1.33 bits per heavy atom. The molecule has 0 spiro atoms. The Morgan fingerprint density at radius 2 is 1.93 bits per heavy atom. The number of hydrogen-bond acceptors (Lipinski definition) is 3. The maximum Gasteiger partial charge on any atom is 0.384 e. The maximum atomic E-state index is 11.3. The third-order valence-corrected chi connectivity index (χ3v) is 2.83. The fourth-order valence-corrected chi connectivity index (χ4v) is 2.08. The van der Waals surface area contributed by atoms with Crippen molar-refractivity contribution >= 4 is 5.97 Å². The molecule has 0 aromatic carbocycles. The lowest BCUT2D eigenvalue weighted by molar-refractivity contribution is -0.147. The van der Waals surface area contributed by atoms with Crippen LogP contribution in [-0.2, 0) is 9.53 Å². The van der Waals surface area contributed by atoms with Crippen LogP contribution in [0.5, 0.6) is 0 Å². The summed E-state index contributed by atoms with van der Waals surface area (Å²) in [5.74, 6) is 7.00. The molecule has 1 N–H and O–H groups in total. The Bertz CT molecular complexity index is 322. The average Bonchev–Trinajstić information content (AvgIpc) is 2.55. The lowest BCUT2D eigenvalue weighted by Gasteiger charge is -2.16. The zero-order valence-corrected chi connectivity index (χ0v) is 9.46. The molecule has 82 valence electrons. The molecule has 0 aromatic rings. The molecule has 1 heterocycles. The minimum Gasteiger partial charge on any atom is -0.450 e. The molecule has 2 rings (SSSR count). The summed E-state index contributed by atoms with van der Waals surface area (Å²) in [6.45, 7) is 7.66. The van der Waals surface area contributed by atoms with Crippen LogP contribution >= 0.6 is 0 Å². The average molecular weight is 207 g/mol. The van der Waals surface area contributed by atoms with Crippen molar-refractivity contribution in [1.82, 2.24) is 5.32 Å². The van der Waals surface area contributed by atoms with Crippen LogP contribution in [0.15, 0.2) is 0 Å². The summed E-state index contributed by atoms with van der Waals surface area (Å²) in [5, 5.41) is 3.29. The highest BCUT2D eigenvalue weighted by Gasteiger charge is 2.52. The second-order valence-corrected chi connectivity index (χ2v) is 5.28. The van der Waals surface area contributed by atoms with Gasteiger partial charge in [0.05, 0.1) is 0 Å². The van der Waals surface area contributed by atoms with E-state index in [0.29, 0.717) is 17.8 Å². The quantitative estimate of drug-likeness (QED) is 0.363. The molecule has 1 aliphatic heterocycles. The first-order valence-electron chi connectivity index (χ1n) is 5.42. The predicted molar refractivity (Wildman–Crippen MR) is 57.0 cm³/mol. The van der Waals surface area contributed by atoms with Gasteiger partial charge in [-0.3, -0.25) is 0 Å². The molecule has 2 fully saturated rings. The highest BCUT2D eigenvalue weighted by Crippen LogP contribution is 2.47. The van der Waals surface area contributed by atoms with E-state index >= 15 is 0 Å². The minimum atomic E-state index is -0.438. The Hall–Kier alpha value is -1.01. The van der Waals surface area contributed by atoms with Gasteiger partial charge in [0.15, 0.2) is 0 Å². The number of ether oxygens (including phenoxy) is 1. The molecule has 1 unspecified atom stereocenters. The van der Waals surface area contributed by atoms with Gasteiger partial charge in [-0.15, -0.1) is 0 Å². The highest BCUT2D eigenvalue weighted by molar-refractivity contribution is 5.88. The second kappa shape index (κ2) is 3.53. The van der Waals surface area contributed by atoms with Crippen molar-refractivity contribution in [3.63, 3.8) is 0 Å². The predicted octanol–water partition coefficient (Wildman–Crippen LogP) is 0.797. The fourth-order valence-electron chi connectivity index (χ4n) is 2.08. The van der Waals surface area contributed by atoms with Crippen LogP contribution in [0.25, 0.3) is 0 Å². The van der Waals surface area contributed by atoms with Gasteiger partial charge in [-0.05, 0) is 45.7 Å². The monoisotopic (exact) mass is 207 g/mol. The van der Waals surface area contributed by atoms with Crippen LogP contribution in [0.2, 0.25) is 0 Å². The number of nitrogens with one attached hydrogen (secondary N) is 1. The molecule has 0 bridgehead atoms. The van der Waals surface area contributed by atoms with Crippen molar-refractivity contribution in [2.45, 2.75) is 26.4 Å². The molecule has 3 atom stereocenters. The van der Waals surface area contributed by atoms with Gasteiger partial charge in [0.25, 0.3) is 0 Å². The van der Waals surface area contributed by atoms with Crippen LogP contribution in [0, 0.1) is 29.6 Å². The highest BCUT2D eigenvalue weighted by atomic mass is 16.6. The van der Waals surface area contributed by atoms with E-state index in [0.717, 1.165) is 13.1 Å². The standard InChI is InChI=1S/C12H17NO2/c1-12(2,3)15-11(14)5-4-8-9-6-13-7-10(8)9/h8-10,13H,6-7H2,1-3H3/t8?,9-,10+. The number of piperidine rings is 1. The molecular weight excluding hydrogens is 190 g/mol. The Balaban J connectivity index is 1.82. The van der Waals surface area contributed by atoms with Crippen molar-refractivity contribution < 1.29 is 9.53 Å². The number of carbonyl (C=O) groups is 1. The first kappa shape index (κ1) is 10.5. The van der Waals surface area contributed by atoms with Crippen LogP contribution in [-0.4, -0.2) is 24.7 Å². The number of rotatable bonds is 0. The van der Waals surface area contributed by atoms with Crippen LogP contribution in [0.3, 0.4) is 0 Å². The molecule has 15 heavy (non-hydrogen) atoms. The van der Waals surface area contributed by atoms with E-state index < -0.39 is 11.6 Å². The number of esters is 1. The molecule has 3 heteroatoms. The van der Waals surface area contributed by atoms with Crippen LogP contribution < -0.4 is 5.32 Å². The topological polar surface area (TPSA) is 38.3 Å². The largest absolute Gasteiger partial charge is 0.450 e. The summed E-state index contributed by atoms with van der Waals surface area (Å²) in [4.78, 5) is 11.3. The van der Waals surface area contributed by atoms with Crippen molar-refractivity contribution in [3.05, 3.63) is 0 Å². The lowest BCUT2D eigenvalue weighted by atomic mass is 10.2. The summed E-state index contributed by atoms with van der Waals surface area (Å²) in [5.41, 5.74) is -0.438. The van der Waals surface area contributed by atoms with Crippen LogP contribution in [0.1, 0.15) is 20.8 Å². The van der Waals surface area contributed by atoms with Crippen molar-refractivity contribution in [1.29, 1.82) is 0 Å². The van der Waals surface area contributed by atoms with Gasteiger partial charge in [0.2, 0.25) is 0 Å². The second-order valence-electron chi connectivity index (χ2n) is 5.28. The Kier molecular flexibility index (Phi) is 2.47. The SMILES string of the molecule is CC(C)(C)OC(=O)C#CC1[C@H]2CNC[C@@H]12. The molecule has 3 nitrogen and oxygen atoms in total. The van der Waals surface area contributed by atoms with Gasteiger partial charge >= 0.3 is 5.97 Å². The molecule has 2 aliphatic rings. The zero-order valence-electron chi connectivity index (χ0n) is 9.46. The van der Waals surface area contributed by atoms with Gasteiger partial charge in [-0.2, -0.15) is 0 Å². The first-order chi connectivity index (χ1) is 6.97. The van der Waals surface area contributed by atoms with E-state index in [1.54, 1.807) is 0 Å². The van der Waals surface area contributed by atoms with Crippen LogP contribution in [0.4, 0.5) is 0 Å². The Labute approximate surface area is 90.6 Å². The summed E-state index contributed by atoms with van der Waals surface area (Å²) in [6, 6.07) is 0. The van der Waals surface area contributed by atoms with E-state index in [1.165, 1.54) is 0 Å². The van der Waals surface area contributed by atoms with E-state index in [9.17, 15) is 4.79 Å². The maximum absolute atomic E-state index is 11.3.